The summed E-state index contributed by atoms with van der Waals surface area (Å²) >= 11 is 3.43. The number of para-hydroxylation sites is 1. The van der Waals surface area contributed by atoms with E-state index in [1.54, 1.807) is 6.26 Å². The topological polar surface area (TPSA) is 33.4 Å². The third-order valence-corrected chi connectivity index (χ3v) is 3.29. The third kappa shape index (κ3) is 1.70. The Morgan fingerprint density at radius 2 is 2.13 bits per heavy atom. The smallest absolute Gasteiger partial charge is 0.138 e. The van der Waals surface area contributed by atoms with E-state index in [0.717, 1.165) is 21.0 Å². The van der Waals surface area contributed by atoms with Crippen LogP contribution in [0.4, 0.5) is 0 Å². The van der Waals surface area contributed by atoms with Gasteiger partial charge in [-0.1, -0.05) is 26.0 Å². The van der Waals surface area contributed by atoms with E-state index in [2.05, 4.69) is 15.9 Å². The molecule has 2 rings (SSSR count). The van der Waals surface area contributed by atoms with Crippen molar-refractivity contribution in [3.63, 3.8) is 0 Å². The summed E-state index contributed by atoms with van der Waals surface area (Å²) < 4.78 is 6.46. The molecule has 0 aliphatic rings. The lowest BCUT2D eigenvalue weighted by Gasteiger charge is -2.22. The molecule has 0 saturated heterocycles. The standard InChI is InChI=1S/C12H13BrO2/c1-12(2,7-14)9-5-3-4-8-10(13)6-15-11(8)9/h3-6,14H,7H2,1-2H3. The molecule has 0 spiro atoms. The second kappa shape index (κ2) is 3.65. The van der Waals surface area contributed by atoms with Crippen LogP contribution in [0.25, 0.3) is 11.0 Å². The number of rotatable bonds is 2. The molecule has 15 heavy (non-hydrogen) atoms. The van der Waals surface area contributed by atoms with Crippen LogP contribution in [-0.2, 0) is 5.41 Å². The second-order valence-electron chi connectivity index (χ2n) is 4.31. The fourth-order valence-electron chi connectivity index (χ4n) is 1.64. The van der Waals surface area contributed by atoms with Gasteiger partial charge in [0, 0.05) is 16.4 Å². The molecule has 0 atom stereocenters. The molecule has 0 aliphatic carbocycles. The van der Waals surface area contributed by atoms with Gasteiger partial charge in [-0.2, -0.15) is 0 Å². The van der Waals surface area contributed by atoms with Gasteiger partial charge in [0.2, 0.25) is 0 Å². The molecule has 0 radical (unpaired) electrons. The van der Waals surface area contributed by atoms with Crippen LogP contribution in [0.2, 0.25) is 0 Å². The molecule has 0 fully saturated rings. The Morgan fingerprint density at radius 3 is 2.80 bits per heavy atom. The van der Waals surface area contributed by atoms with Crippen molar-refractivity contribution in [3.05, 3.63) is 34.5 Å². The van der Waals surface area contributed by atoms with Crippen molar-refractivity contribution in [1.29, 1.82) is 0 Å². The van der Waals surface area contributed by atoms with E-state index in [9.17, 15) is 5.11 Å². The van der Waals surface area contributed by atoms with Gasteiger partial charge >= 0.3 is 0 Å². The quantitative estimate of drug-likeness (QED) is 0.905. The fourth-order valence-corrected chi connectivity index (χ4v) is 2.05. The normalized spacial score (nSPS) is 12.3. The number of furan rings is 1. The molecule has 0 aliphatic heterocycles. The van der Waals surface area contributed by atoms with Crippen molar-refractivity contribution in [2.24, 2.45) is 0 Å². The van der Waals surface area contributed by atoms with E-state index in [-0.39, 0.29) is 12.0 Å². The van der Waals surface area contributed by atoms with Crippen molar-refractivity contribution >= 4 is 26.9 Å². The summed E-state index contributed by atoms with van der Waals surface area (Å²) in [5.41, 5.74) is 1.60. The molecule has 0 bridgehead atoms. The maximum Gasteiger partial charge on any atom is 0.138 e. The van der Waals surface area contributed by atoms with Crippen LogP contribution in [0, 0.1) is 0 Å². The maximum atomic E-state index is 9.36. The highest BCUT2D eigenvalue weighted by Crippen LogP contribution is 2.34. The zero-order valence-corrected chi connectivity index (χ0v) is 10.3. The van der Waals surface area contributed by atoms with Crippen molar-refractivity contribution in [2.75, 3.05) is 6.61 Å². The van der Waals surface area contributed by atoms with Gasteiger partial charge in [0.05, 0.1) is 11.1 Å². The Hall–Kier alpha value is -0.800. The minimum absolute atomic E-state index is 0.102. The summed E-state index contributed by atoms with van der Waals surface area (Å²) in [6.07, 6.45) is 1.68. The minimum atomic E-state index is -0.281. The predicted molar refractivity (Wildman–Crippen MR) is 64.0 cm³/mol. The van der Waals surface area contributed by atoms with Gasteiger partial charge in [0.1, 0.15) is 11.8 Å². The Balaban J connectivity index is 2.71. The summed E-state index contributed by atoms with van der Waals surface area (Å²) in [4.78, 5) is 0. The molecule has 1 aromatic carbocycles. The van der Waals surface area contributed by atoms with Crippen molar-refractivity contribution in [3.8, 4) is 0 Å². The van der Waals surface area contributed by atoms with Crippen LogP contribution in [0.1, 0.15) is 19.4 Å². The molecule has 3 heteroatoms. The van der Waals surface area contributed by atoms with E-state index in [4.69, 9.17) is 4.42 Å². The first-order valence-electron chi connectivity index (χ1n) is 4.83. The van der Waals surface area contributed by atoms with E-state index >= 15 is 0 Å². The van der Waals surface area contributed by atoms with Gasteiger partial charge in [-0.05, 0) is 22.0 Å². The lowest BCUT2D eigenvalue weighted by atomic mass is 9.85. The first kappa shape index (κ1) is 10.7. The molecule has 0 amide bonds. The molecule has 0 unspecified atom stereocenters. The maximum absolute atomic E-state index is 9.36. The molecule has 0 saturated carbocycles. The number of aliphatic hydroxyl groups is 1. The third-order valence-electron chi connectivity index (χ3n) is 2.68. The van der Waals surface area contributed by atoms with Gasteiger partial charge < -0.3 is 9.52 Å². The van der Waals surface area contributed by atoms with E-state index < -0.39 is 0 Å². The summed E-state index contributed by atoms with van der Waals surface area (Å²) in [6.45, 7) is 4.10. The largest absolute Gasteiger partial charge is 0.463 e. The van der Waals surface area contributed by atoms with Crippen LogP contribution < -0.4 is 0 Å². The zero-order valence-electron chi connectivity index (χ0n) is 8.75. The van der Waals surface area contributed by atoms with Crippen molar-refractivity contribution in [1.82, 2.24) is 0 Å². The van der Waals surface area contributed by atoms with Crippen molar-refractivity contribution in [2.45, 2.75) is 19.3 Å². The van der Waals surface area contributed by atoms with Gasteiger partial charge in [-0.15, -0.1) is 0 Å². The number of halogens is 1. The van der Waals surface area contributed by atoms with Crippen LogP contribution in [0.5, 0.6) is 0 Å². The fraction of sp³-hybridized carbons (Fsp3) is 0.333. The van der Waals surface area contributed by atoms with Crippen molar-refractivity contribution < 1.29 is 9.52 Å². The predicted octanol–water partition coefficient (Wildman–Crippen LogP) is 3.47. The Bertz CT molecular complexity index is 485. The van der Waals surface area contributed by atoms with Gasteiger partial charge in [-0.25, -0.2) is 0 Å². The molecule has 2 aromatic rings. The van der Waals surface area contributed by atoms with Gasteiger partial charge in [0.25, 0.3) is 0 Å². The first-order chi connectivity index (χ1) is 7.06. The number of hydrogen-bond donors (Lipinski definition) is 1. The molecule has 1 N–H and O–H groups in total. The molecule has 80 valence electrons. The Kier molecular flexibility index (Phi) is 2.61. The lowest BCUT2D eigenvalue weighted by Crippen LogP contribution is -2.22. The monoisotopic (exact) mass is 268 g/mol. The first-order valence-corrected chi connectivity index (χ1v) is 5.62. The molecule has 2 nitrogen and oxygen atoms in total. The van der Waals surface area contributed by atoms with Crippen LogP contribution >= 0.6 is 15.9 Å². The second-order valence-corrected chi connectivity index (χ2v) is 5.16. The molecule has 1 aromatic heterocycles. The summed E-state index contributed by atoms with van der Waals surface area (Å²) in [5, 5.41) is 10.4. The van der Waals surface area contributed by atoms with Crippen LogP contribution in [-0.4, -0.2) is 11.7 Å². The SMILES string of the molecule is CC(C)(CO)c1cccc2c(Br)coc12. The van der Waals surface area contributed by atoms with E-state index in [1.165, 1.54) is 0 Å². The highest BCUT2D eigenvalue weighted by molar-refractivity contribution is 9.10. The average molecular weight is 269 g/mol. The lowest BCUT2D eigenvalue weighted by molar-refractivity contribution is 0.218. The Morgan fingerprint density at radius 1 is 1.40 bits per heavy atom. The number of benzene rings is 1. The summed E-state index contributed by atoms with van der Waals surface area (Å²) in [7, 11) is 0. The Labute approximate surface area is 97.0 Å². The number of aliphatic hydroxyl groups excluding tert-OH is 1. The molecular formula is C12H13BrO2. The van der Waals surface area contributed by atoms with Crippen LogP contribution in [0.15, 0.2) is 33.4 Å². The van der Waals surface area contributed by atoms with Gasteiger partial charge in [-0.3, -0.25) is 0 Å². The average Bonchev–Trinajstić information content (AvgIpc) is 2.60. The highest BCUT2D eigenvalue weighted by Gasteiger charge is 2.23. The molecule has 1 heterocycles. The van der Waals surface area contributed by atoms with Gasteiger partial charge in [0.15, 0.2) is 0 Å². The summed E-state index contributed by atoms with van der Waals surface area (Å²) in [5.74, 6) is 0. The number of hydrogen-bond acceptors (Lipinski definition) is 2. The van der Waals surface area contributed by atoms with E-state index in [0.29, 0.717) is 0 Å². The van der Waals surface area contributed by atoms with Crippen LogP contribution in [0.3, 0.4) is 0 Å². The summed E-state index contributed by atoms with van der Waals surface area (Å²) in [6, 6.07) is 5.98. The highest BCUT2D eigenvalue weighted by atomic mass is 79.9. The van der Waals surface area contributed by atoms with E-state index in [1.807, 2.05) is 32.0 Å². The minimum Gasteiger partial charge on any atom is -0.463 e. The molecular weight excluding hydrogens is 256 g/mol. The zero-order chi connectivity index (χ0) is 11.1. The number of fused-ring (bicyclic) bond motifs is 1.